The highest BCUT2D eigenvalue weighted by atomic mass is 19.1. The van der Waals surface area contributed by atoms with Crippen molar-refractivity contribution in [3.8, 4) is 0 Å². The molecule has 1 aliphatic carbocycles. The summed E-state index contributed by atoms with van der Waals surface area (Å²) in [6.45, 7) is 4.87. The molecule has 0 unspecified atom stereocenters. The highest BCUT2D eigenvalue weighted by Gasteiger charge is 2.43. The number of piperidine rings is 1. The Kier molecular flexibility index (Phi) is 5.63. The molecule has 2 saturated heterocycles. The third-order valence-corrected chi connectivity index (χ3v) is 8.22. The van der Waals surface area contributed by atoms with Crippen molar-refractivity contribution in [3.63, 3.8) is 0 Å². The summed E-state index contributed by atoms with van der Waals surface area (Å²) in [5, 5.41) is 10.6. The molecule has 3 aromatic rings. The number of alkyl halides is 1. The van der Waals surface area contributed by atoms with Gasteiger partial charge in [0.2, 0.25) is 0 Å². The van der Waals surface area contributed by atoms with Gasteiger partial charge in [0.1, 0.15) is 11.3 Å². The average Bonchev–Trinajstić information content (AvgIpc) is 3.29. The predicted octanol–water partition coefficient (Wildman–Crippen LogP) is 5.38. The molecule has 2 aromatic carbocycles. The molecule has 5 nitrogen and oxygen atoms in total. The lowest BCUT2D eigenvalue weighted by Gasteiger charge is -2.36. The van der Waals surface area contributed by atoms with Crippen molar-refractivity contribution < 1.29 is 13.9 Å². The number of nitrogens with zero attached hydrogens (tertiary/aromatic N) is 4. The van der Waals surface area contributed by atoms with E-state index >= 15 is 8.78 Å². The van der Waals surface area contributed by atoms with Gasteiger partial charge in [0.15, 0.2) is 17.3 Å². The van der Waals surface area contributed by atoms with E-state index in [4.69, 9.17) is 4.98 Å². The zero-order valence-electron chi connectivity index (χ0n) is 20.2. The maximum atomic E-state index is 15.4. The minimum atomic E-state index is -1.56. The van der Waals surface area contributed by atoms with Crippen molar-refractivity contribution in [2.45, 2.75) is 63.1 Å². The Morgan fingerprint density at radius 3 is 2.40 bits per heavy atom. The molecular formula is C28H32F2N4O. The summed E-state index contributed by atoms with van der Waals surface area (Å²) in [7, 11) is 0. The van der Waals surface area contributed by atoms with Crippen LogP contribution in [0.4, 0.5) is 20.3 Å². The molecule has 35 heavy (non-hydrogen) atoms. The molecule has 0 spiro atoms. The first kappa shape index (κ1) is 22.7. The molecular weight excluding hydrogens is 446 g/mol. The fraction of sp³-hybridized carbons (Fsp3) is 0.500. The van der Waals surface area contributed by atoms with Crippen molar-refractivity contribution in [3.05, 3.63) is 59.2 Å². The van der Waals surface area contributed by atoms with Gasteiger partial charge in [-0.1, -0.05) is 24.3 Å². The third-order valence-electron chi connectivity index (χ3n) is 8.22. The van der Waals surface area contributed by atoms with Gasteiger partial charge in [-0.05, 0) is 74.6 Å². The normalized spacial score (nSPS) is 22.6. The summed E-state index contributed by atoms with van der Waals surface area (Å²) in [5.41, 5.74) is 2.05. The number of hydrogen-bond donors (Lipinski definition) is 1. The van der Waals surface area contributed by atoms with Crippen LogP contribution >= 0.6 is 0 Å². The number of anilines is 2. The van der Waals surface area contributed by atoms with Gasteiger partial charge in [0.25, 0.3) is 0 Å². The monoisotopic (exact) mass is 478 g/mol. The number of aliphatic hydroxyl groups excluding tert-OH is 1. The van der Waals surface area contributed by atoms with Crippen LogP contribution in [0.5, 0.6) is 0 Å². The summed E-state index contributed by atoms with van der Waals surface area (Å²) >= 11 is 0. The molecule has 1 aromatic heterocycles. The van der Waals surface area contributed by atoms with Crippen LogP contribution in [0, 0.1) is 12.7 Å². The Labute approximate surface area is 204 Å². The highest BCUT2D eigenvalue weighted by molar-refractivity contribution is 5.93. The topological polar surface area (TPSA) is 52.5 Å². The quantitative estimate of drug-likeness (QED) is 0.546. The smallest absolute Gasteiger partial charge is 0.170 e. The van der Waals surface area contributed by atoms with Crippen LogP contribution in [0.1, 0.15) is 61.4 Å². The second kappa shape index (κ2) is 8.70. The fourth-order valence-electron chi connectivity index (χ4n) is 5.92. The Morgan fingerprint density at radius 2 is 1.74 bits per heavy atom. The highest BCUT2D eigenvalue weighted by Crippen LogP contribution is 2.45. The standard InChI is InChI=1S/C28H32F2N4O/c1-18-5-2-3-6-22(18)19-7-12-33(13-8-19)26-23-15-20(34-14-9-21(35)17-34)16-24(29)25(23)31-27(32-26)28(30)10-4-11-28/h2-3,5-6,15-16,19,21,35H,4,7-14,17H2,1H3/t21-/m1/s1. The summed E-state index contributed by atoms with van der Waals surface area (Å²) in [6, 6.07) is 11.9. The van der Waals surface area contributed by atoms with E-state index in [2.05, 4.69) is 41.1 Å². The van der Waals surface area contributed by atoms with Crippen molar-refractivity contribution in [1.29, 1.82) is 0 Å². The number of hydrogen-bond acceptors (Lipinski definition) is 5. The van der Waals surface area contributed by atoms with E-state index in [1.807, 2.05) is 11.0 Å². The van der Waals surface area contributed by atoms with Gasteiger partial charge < -0.3 is 14.9 Å². The number of aliphatic hydroxyl groups is 1. The van der Waals surface area contributed by atoms with E-state index in [1.54, 1.807) is 0 Å². The maximum Gasteiger partial charge on any atom is 0.170 e. The first-order valence-corrected chi connectivity index (χ1v) is 12.9. The minimum Gasteiger partial charge on any atom is -0.391 e. The number of aromatic nitrogens is 2. The lowest BCUT2D eigenvalue weighted by atomic mass is 9.81. The van der Waals surface area contributed by atoms with Crippen molar-refractivity contribution >= 4 is 22.4 Å². The molecule has 1 N–H and O–H groups in total. The molecule has 3 fully saturated rings. The Morgan fingerprint density at radius 1 is 1.00 bits per heavy atom. The first-order chi connectivity index (χ1) is 16.9. The van der Waals surface area contributed by atoms with Crippen molar-refractivity contribution in [2.24, 2.45) is 0 Å². The van der Waals surface area contributed by atoms with Crippen LogP contribution in [-0.4, -0.2) is 47.4 Å². The van der Waals surface area contributed by atoms with E-state index in [0.29, 0.717) is 49.5 Å². The molecule has 0 radical (unpaired) electrons. The van der Waals surface area contributed by atoms with E-state index < -0.39 is 17.6 Å². The van der Waals surface area contributed by atoms with Crippen LogP contribution in [0.3, 0.4) is 0 Å². The number of aryl methyl sites for hydroxylation is 1. The summed E-state index contributed by atoms with van der Waals surface area (Å²) in [6.07, 6.45) is 3.77. The molecule has 0 amide bonds. The van der Waals surface area contributed by atoms with Crippen molar-refractivity contribution in [1.82, 2.24) is 9.97 Å². The molecule has 0 bridgehead atoms. The fourth-order valence-corrected chi connectivity index (χ4v) is 5.92. The lowest BCUT2D eigenvalue weighted by molar-refractivity contribution is 0.0511. The second-order valence-corrected chi connectivity index (χ2v) is 10.5. The van der Waals surface area contributed by atoms with E-state index in [9.17, 15) is 5.11 Å². The Hall–Kier alpha value is -2.80. The number of rotatable bonds is 4. The van der Waals surface area contributed by atoms with Crippen molar-refractivity contribution in [2.75, 3.05) is 36.0 Å². The zero-order valence-corrected chi connectivity index (χ0v) is 20.2. The largest absolute Gasteiger partial charge is 0.391 e. The van der Waals surface area contributed by atoms with Crippen LogP contribution < -0.4 is 9.80 Å². The van der Waals surface area contributed by atoms with Crippen LogP contribution in [-0.2, 0) is 5.67 Å². The molecule has 1 atom stereocenters. The zero-order chi connectivity index (χ0) is 24.2. The van der Waals surface area contributed by atoms with E-state index in [1.165, 1.54) is 17.2 Å². The lowest BCUT2D eigenvalue weighted by Crippen LogP contribution is -2.36. The molecule has 3 aliphatic rings. The summed E-state index contributed by atoms with van der Waals surface area (Å²) in [5.74, 6) is 0.771. The van der Waals surface area contributed by atoms with Gasteiger partial charge in [-0.3, -0.25) is 0 Å². The molecule has 6 rings (SSSR count). The maximum absolute atomic E-state index is 15.4. The molecule has 3 heterocycles. The van der Waals surface area contributed by atoms with Gasteiger partial charge in [-0.2, -0.15) is 0 Å². The second-order valence-electron chi connectivity index (χ2n) is 10.5. The minimum absolute atomic E-state index is 0.121. The third kappa shape index (κ3) is 4.03. The van der Waals surface area contributed by atoms with Crippen LogP contribution in [0.2, 0.25) is 0 Å². The molecule has 2 aliphatic heterocycles. The van der Waals surface area contributed by atoms with Gasteiger partial charge in [-0.25, -0.2) is 18.7 Å². The first-order valence-electron chi connectivity index (χ1n) is 12.9. The van der Waals surface area contributed by atoms with Gasteiger partial charge >= 0.3 is 0 Å². The van der Waals surface area contributed by atoms with E-state index in [-0.39, 0.29) is 11.3 Å². The number of β-amino-alcohol motifs (C(OH)–C–C–N with tert-alkyl or cyclic N) is 1. The molecule has 184 valence electrons. The summed E-state index contributed by atoms with van der Waals surface area (Å²) in [4.78, 5) is 13.4. The SMILES string of the molecule is Cc1ccccc1C1CCN(c2nc(C3(F)CCC3)nc3c(F)cc(N4CC[C@@H](O)C4)cc23)CC1. The summed E-state index contributed by atoms with van der Waals surface area (Å²) < 4.78 is 30.9. The average molecular weight is 479 g/mol. The van der Waals surface area contributed by atoms with E-state index in [0.717, 1.165) is 38.0 Å². The van der Waals surface area contributed by atoms with Crippen LogP contribution in [0.15, 0.2) is 36.4 Å². The number of fused-ring (bicyclic) bond motifs is 1. The molecule has 7 heteroatoms. The molecule has 1 saturated carbocycles. The predicted molar refractivity (Wildman–Crippen MR) is 134 cm³/mol. The number of benzene rings is 2. The Bertz CT molecular complexity index is 1250. The van der Waals surface area contributed by atoms with Gasteiger partial charge in [-0.15, -0.1) is 0 Å². The number of halogens is 2. The van der Waals surface area contributed by atoms with Crippen LogP contribution in [0.25, 0.3) is 10.9 Å². The van der Waals surface area contributed by atoms with Gasteiger partial charge in [0, 0.05) is 37.3 Å². The Balaban J connectivity index is 1.38. The van der Waals surface area contributed by atoms with Gasteiger partial charge in [0.05, 0.1) is 6.10 Å².